The quantitative estimate of drug-likeness (QED) is 0.512. The summed E-state index contributed by atoms with van der Waals surface area (Å²) in [5, 5.41) is 2.73. The number of nitrogens with one attached hydrogen (secondary N) is 1. The summed E-state index contributed by atoms with van der Waals surface area (Å²) in [5.41, 5.74) is 1.79. The maximum absolute atomic E-state index is 12.9. The molecule has 0 unspecified atom stereocenters. The number of likely N-dealkylation sites (N-methyl/N-ethyl adjacent to an activating group) is 1. The van der Waals surface area contributed by atoms with E-state index in [1.807, 2.05) is 24.3 Å². The number of rotatable bonds is 8. The van der Waals surface area contributed by atoms with Crippen LogP contribution in [0.25, 0.3) is 0 Å². The SMILES string of the molecule is CCN1CCN(c2ccc(NC(=O)COC(=O)CSc3ccc(F)cc3)cc2)CC1. The standard InChI is InChI=1S/C22H26FN3O3S/c1-2-25-11-13-26(14-12-25)19-7-5-18(6-8-19)24-21(27)15-29-22(28)16-30-20-9-3-17(23)4-10-20/h3-10H,2,11-16H2,1H3,(H,24,27). The van der Waals surface area contributed by atoms with Crippen LogP contribution in [0.5, 0.6) is 0 Å². The Labute approximate surface area is 180 Å². The van der Waals surface area contributed by atoms with Crippen LogP contribution >= 0.6 is 11.8 Å². The first kappa shape index (κ1) is 22.1. The van der Waals surface area contributed by atoms with Crippen molar-refractivity contribution in [3.63, 3.8) is 0 Å². The highest BCUT2D eigenvalue weighted by atomic mass is 32.2. The van der Waals surface area contributed by atoms with E-state index in [4.69, 9.17) is 4.74 Å². The monoisotopic (exact) mass is 431 g/mol. The molecule has 1 aliphatic heterocycles. The number of esters is 1. The number of halogens is 1. The van der Waals surface area contributed by atoms with E-state index in [-0.39, 0.29) is 24.1 Å². The Morgan fingerprint density at radius 1 is 1.03 bits per heavy atom. The van der Waals surface area contributed by atoms with Gasteiger partial charge in [0.05, 0.1) is 5.75 Å². The molecule has 0 spiro atoms. The van der Waals surface area contributed by atoms with Gasteiger partial charge in [0.1, 0.15) is 5.82 Å². The third kappa shape index (κ3) is 6.74. The third-order valence-electron chi connectivity index (χ3n) is 4.87. The van der Waals surface area contributed by atoms with Crippen LogP contribution in [0.3, 0.4) is 0 Å². The first-order valence-corrected chi connectivity index (χ1v) is 10.9. The number of carbonyl (C=O) groups excluding carboxylic acids is 2. The largest absolute Gasteiger partial charge is 0.455 e. The van der Waals surface area contributed by atoms with Crippen LogP contribution in [0, 0.1) is 5.82 Å². The van der Waals surface area contributed by atoms with Crippen LogP contribution < -0.4 is 10.2 Å². The highest BCUT2D eigenvalue weighted by molar-refractivity contribution is 8.00. The zero-order valence-corrected chi connectivity index (χ0v) is 17.8. The molecule has 6 nitrogen and oxygen atoms in total. The van der Waals surface area contributed by atoms with Gasteiger partial charge in [0.2, 0.25) is 0 Å². The molecule has 2 aromatic rings. The lowest BCUT2D eigenvalue weighted by molar-refractivity contribution is -0.144. The number of hydrogen-bond acceptors (Lipinski definition) is 6. The summed E-state index contributed by atoms with van der Waals surface area (Å²) >= 11 is 1.23. The van der Waals surface area contributed by atoms with Gasteiger partial charge in [-0.1, -0.05) is 6.92 Å². The molecule has 0 bridgehead atoms. The molecule has 1 fully saturated rings. The number of thioether (sulfide) groups is 1. The summed E-state index contributed by atoms with van der Waals surface area (Å²) in [6.45, 7) is 7.00. The highest BCUT2D eigenvalue weighted by Gasteiger charge is 2.16. The Bertz CT molecular complexity index is 838. The summed E-state index contributed by atoms with van der Waals surface area (Å²) in [6.07, 6.45) is 0. The van der Waals surface area contributed by atoms with Crippen LogP contribution in [0.15, 0.2) is 53.4 Å². The van der Waals surface area contributed by atoms with Crippen molar-refractivity contribution < 1.29 is 18.7 Å². The van der Waals surface area contributed by atoms with Crippen molar-refractivity contribution in [1.29, 1.82) is 0 Å². The zero-order valence-electron chi connectivity index (χ0n) is 17.0. The molecular weight excluding hydrogens is 405 g/mol. The Balaban J connectivity index is 1.38. The van der Waals surface area contributed by atoms with Gasteiger partial charge in [-0.25, -0.2) is 4.39 Å². The second-order valence-corrected chi connectivity index (χ2v) is 7.97. The maximum Gasteiger partial charge on any atom is 0.316 e. The molecule has 1 aliphatic rings. The van der Waals surface area contributed by atoms with Crippen LogP contribution in [-0.4, -0.2) is 61.9 Å². The van der Waals surface area contributed by atoms with E-state index >= 15 is 0 Å². The van der Waals surface area contributed by atoms with Gasteiger partial charge in [-0.05, 0) is 55.1 Å². The van der Waals surface area contributed by atoms with Gasteiger partial charge in [0.25, 0.3) is 5.91 Å². The van der Waals surface area contributed by atoms with Crippen molar-refractivity contribution in [2.75, 3.05) is 55.3 Å². The van der Waals surface area contributed by atoms with Crippen molar-refractivity contribution in [3.8, 4) is 0 Å². The molecule has 8 heteroatoms. The Morgan fingerprint density at radius 2 is 1.70 bits per heavy atom. The van der Waals surface area contributed by atoms with E-state index in [1.165, 1.54) is 23.9 Å². The van der Waals surface area contributed by atoms with Gasteiger partial charge in [-0.2, -0.15) is 0 Å². The second-order valence-electron chi connectivity index (χ2n) is 6.92. The average Bonchev–Trinajstić information content (AvgIpc) is 2.78. The number of piperazine rings is 1. The van der Waals surface area contributed by atoms with E-state index in [2.05, 4.69) is 22.0 Å². The minimum atomic E-state index is -0.499. The maximum atomic E-state index is 12.9. The van der Waals surface area contributed by atoms with E-state index in [0.717, 1.165) is 43.3 Å². The lowest BCUT2D eigenvalue weighted by atomic mass is 10.2. The summed E-state index contributed by atoms with van der Waals surface area (Å²) in [7, 11) is 0. The molecule has 1 amide bonds. The normalized spacial score (nSPS) is 14.4. The first-order chi connectivity index (χ1) is 14.5. The topological polar surface area (TPSA) is 61.9 Å². The molecule has 0 saturated carbocycles. The molecule has 0 aromatic heterocycles. The second kappa shape index (κ2) is 11.0. The summed E-state index contributed by atoms with van der Waals surface area (Å²) < 4.78 is 17.9. The minimum absolute atomic E-state index is 0.0545. The molecule has 0 aliphatic carbocycles. The fourth-order valence-corrected chi connectivity index (χ4v) is 3.83. The number of nitrogens with zero attached hydrogens (tertiary/aromatic N) is 2. The van der Waals surface area contributed by atoms with Gasteiger partial charge >= 0.3 is 5.97 Å². The first-order valence-electron chi connectivity index (χ1n) is 9.94. The predicted molar refractivity (Wildman–Crippen MR) is 117 cm³/mol. The van der Waals surface area contributed by atoms with E-state index in [9.17, 15) is 14.0 Å². The van der Waals surface area contributed by atoms with Crippen LogP contribution in [0.2, 0.25) is 0 Å². The number of amides is 1. The fourth-order valence-electron chi connectivity index (χ4n) is 3.14. The van der Waals surface area contributed by atoms with Gasteiger partial charge < -0.3 is 19.9 Å². The smallest absolute Gasteiger partial charge is 0.316 e. The van der Waals surface area contributed by atoms with Crippen LogP contribution in [-0.2, 0) is 14.3 Å². The summed E-state index contributed by atoms with van der Waals surface area (Å²) in [6, 6.07) is 13.5. The minimum Gasteiger partial charge on any atom is -0.455 e. The van der Waals surface area contributed by atoms with Crippen molar-refractivity contribution in [2.24, 2.45) is 0 Å². The molecule has 30 heavy (non-hydrogen) atoms. The number of hydrogen-bond donors (Lipinski definition) is 1. The molecule has 0 atom stereocenters. The Hall–Kier alpha value is -2.58. The number of ether oxygens (including phenoxy) is 1. The van der Waals surface area contributed by atoms with E-state index in [1.54, 1.807) is 12.1 Å². The van der Waals surface area contributed by atoms with Crippen molar-refractivity contribution in [1.82, 2.24) is 4.90 Å². The predicted octanol–water partition coefficient (Wildman–Crippen LogP) is 3.24. The van der Waals surface area contributed by atoms with Gasteiger partial charge in [0.15, 0.2) is 6.61 Å². The Kier molecular flexibility index (Phi) is 8.10. The zero-order chi connectivity index (χ0) is 21.3. The Morgan fingerprint density at radius 3 is 2.33 bits per heavy atom. The lowest BCUT2D eigenvalue weighted by Gasteiger charge is -2.35. The lowest BCUT2D eigenvalue weighted by Crippen LogP contribution is -2.46. The molecule has 1 N–H and O–H groups in total. The molecule has 160 valence electrons. The molecular formula is C22H26FN3O3S. The molecule has 3 rings (SSSR count). The third-order valence-corrected chi connectivity index (χ3v) is 5.86. The van der Waals surface area contributed by atoms with Crippen molar-refractivity contribution in [3.05, 3.63) is 54.3 Å². The van der Waals surface area contributed by atoms with Crippen molar-refractivity contribution >= 4 is 35.0 Å². The highest BCUT2D eigenvalue weighted by Crippen LogP contribution is 2.20. The number of carbonyl (C=O) groups is 2. The van der Waals surface area contributed by atoms with Gasteiger partial charge in [0, 0.05) is 42.4 Å². The molecule has 1 heterocycles. The number of anilines is 2. The summed E-state index contributed by atoms with van der Waals surface area (Å²) in [4.78, 5) is 29.3. The molecule has 1 saturated heterocycles. The van der Waals surface area contributed by atoms with E-state index < -0.39 is 5.97 Å². The van der Waals surface area contributed by atoms with Crippen LogP contribution in [0.4, 0.5) is 15.8 Å². The van der Waals surface area contributed by atoms with Gasteiger partial charge in [-0.3, -0.25) is 9.59 Å². The van der Waals surface area contributed by atoms with Crippen LogP contribution in [0.1, 0.15) is 6.92 Å². The molecule has 2 aromatic carbocycles. The van der Waals surface area contributed by atoms with E-state index in [0.29, 0.717) is 5.69 Å². The average molecular weight is 432 g/mol. The number of benzene rings is 2. The summed E-state index contributed by atoms with van der Waals surface area (Å²) in [5.74, 6) is -1.16. The molecule has 0 radical (unpaired) electrons. The van der Waals surface area contributed by atoms with Gasteiger partial charge in [-0.15, -0.1) is 11.8 Å². The van der Waals surface area contributed by atoms with Crippen molar-refractivity contribution in [2.45, 2.75) is 11.8 Å². The fraction of sp³-hybridized carbons (Fsp3) is 0.364.